The summed E-state index contributed by atoms with van der Waals surface area (Å²) in [5.74, 6) is 1.23. The van der Waals surface area contributed by atoms with E-state index < -0.39 is 0 Å². The molecule has 0 saturated carbocycles. The molecule has 1 N–H and O–H groups in total. The van der Waals surface area contributed by atoms with Crippen molar-refractivity contribution in [3.8, 4) is 5.75 Å². The molecule has 0 bridgehead atoms. The number of rotatable bonds is 5. The first-order valence-electron chi connectivity index (χ1n) is 6.82. The van der Waals surface area contributed by atoms with Crippen molar-refractivity contribution in [2.24, 2.45) is 5.92 Å². The third-order valence-electron chi connectivity index (χ3n) is 3.47. The highest BCUT2D eigenvalue weighted by Gasteiger charge is 2.24. The van der Waals surface area contributed by atoms with E-state index in [9.17, 15) is 4.79 Å². The Labute approximate surface area is 126 Å². The van der Waals surface area contributed by atoms with E-state index in [0.29, 0.717) is 13.2 Å². The molecule has 1 aliphatic heterocycles. The number of nitrogens with one attached hydrogen (secondary N) is 1. The Hall–Kier alpha value is -1.26. The lowest BCUT2D eigenvalue weighted by molar-refractivity contribution is -0.133. The van der Waals surface area contributed by atoms with Crippen LogP contribution < -0.4 is 10.1 Å². The van der Waals surface area contributed by atoms with Crippen LogP contribution in [0, 0.1) is 12.8 Å². The molecular weight excluding hydrogens is 276 g/mol. The minimum atomic E-state index is 0. The molecule has 0 radical (unpaired) electrons. The molecule has 1 aromatic carbocycles. The molecular formula is C15H23ClN2O2. The molecule has 5 heteroatoms. The minimum absolute atomic E-state index is 0. The van der Waals surface area contributed by atoms with Crippen LogP contribution in [0.25, 0.3) is 0 Å². The van der Waals surface area contributed by atoms with Crippen LogP contribution >= 0.6 is 12.4 Å². The number of hydrogen-bond acceptors (Lipinski definition) is 3. The van der Waals surface area contributed by atoms with Crippen LogP contribution in [0.4, 0.5) is 0 Å². The Kier molecular flexibility index (Phi) is 6.82. The van der Waals surface area contributed by atoms with Gasteiger partial charge in [-0.15, -0.1) is 12.4 Å². The van der Waals surface area contributed by atoms with Gasteiger partial charge in [0, 0.05) is 13.6 Å². The first kappa shape index (κ1) is 16.8. The predicted molar refractivity (Wildman–Crippen MR) is 82.5 cm³/mol. The Bertz CT molecular complexity index is 434. The van der Waals surface area contributed by atoms with E-state index >= 15 is 0 Å². The maximum absolute atomic E-state index is 12.1. The minimum Gasteiger partial charge on any atom is -0.492 e. The van der Waals surface area contributed by atoms with Crippen molar-refractivity contribution in [3.05, 3.63) is 29.8 Å². The Morgan fingerprint density at radius 2 is 2.30 bits per heavy atom. The number of nitrogens with zero attached hydrogens (tertiary/aromatic N) is 1. The first-order valence-corrected chi connectivity index (χ1v) is 6.82. The van der Waals surface area contributed by atoms with E-state index in [2.05, 4.69) is 5.32 Å². The summed E-state index contributed by atoms with van der Waals surface area (Å²) in [5.41, 5.74) is 1.18. The van der Waals surface area contributed by atoms with Gasteiger partial charge in [-0.2, -0.15) is 0 Å². The number of aryl methyl sites for hydroxylation is 1. The summed E-state index contributed by atoms with van der Waals surface area (Å²) in [5, 5.41) is 3.22. The quantitative estimate of drug-likeness (QED) is 0.902. The summed E-state index contributed by atoms with van der Waals surface area (Å²) >= 11 is 0. The molecule has 1 unspecified atom stereocenters. The number of benzene rings is 1. The molecule has 1 atom stereocenters. The third-order valence-corrected chi connectivity index (χ3v) is 3.47. The molecule has 0 aliphatic carbocycles. The summed E-state index contributed by atoms with van der Waals surface area (Å²) in [6.45, 7) is 4.96. The highest BCUT2D eigenvalue weighted by molar-refractivity contribution is 5.85. The van der Waals surface area contributed by atoms with Crippen molar-refractivity contribution >= 4 is 18.3 Å². The molecule has 1 fully saturated rings. The summed E-state index contributed by atoms with van der Waals surface area (Å²) < 4.78 is 5.66. The summed E-state index contributed by atoms with van der Waals surface area (Å²) in [6.07, 6.45) is 0.946. The van der Waals surface area contributed by atoms with E-state index in [1.165, 1.54) is 5.56 Å². The van der Waals surface area contributed by atoms with Gasteiger partial charge in [-0.25, -0.2) is 0 Å². The van der Waals surface area contributed by atoms with Gasteiger partial charge in [0.05, 0.1) is 12.5 Å². The number of likely N-dealkylation sites (N-methyl/N-ethyl adjacent to an activating group) is 1. The number of ether oxygens (including phenoxy) is 1. The first-order chi connectivity index (χ1) is 9.16. The van der Waals surface area contributed by atoms with Gasteiger partial charge in [0.25, 0.3) is 0 Å². The second-order valence-electron chi connectivity index (χ2n) is 5.11. The van der Waals surface area contributed by atoms with Crippen LogP contribution in [-0.2, 0) is 4.79 Å². The monoisotopic (exact) mass is 298 g/mol. The fourth-order valence-electron chi connectivity index (χ4n) is 2.29. The maximum atomic E-state index is 12.1. The van der Waals surface area contributed by atoms with Crippen LogP contribution in [0.1, 0.15) is 12.0 Å². The van der Waals surface area contributed by atoms with E-state index in [-0.39, 0.29) is 24.2 Å². The lowest BCUT2D eigenvalue weighted by Crippen LogP contribution is -2.36. The van der Waals surface area contributed by atoms with E-state index in [1.807, 2.05) is 38.2 Å². The standard InChI is InChI=1S/C15H22N2O2.ClH/c1-12-4-3-5-14(10-12)19-9-8-17(2)15(18)13-6-7-16-11-13;/h3-5,10,13,16H,6-9,11H2,1-2H3;1H. The SMILES string of the molecule is Cc1cccc(OCCN(C)C(=O)C2CCNC2)c1.Cl. The lowest BCUT2D eigenvalue weighted by atomic mass is 10.1. The molecule has 1 aromatic rings. The van der Waals surface area contributed by atoms with Crippen molar-refractivity contribution in [2.75, 3.05) is 33.3 Å². The van der Waals surface area contributed by atoms with Gasteiger partial charge in [-0.1, -0.05) is 12.1 Å². The molecule has 0 spiro atoms. The Morgan fingerprint density at radius 1 is 1.50 bits per heavy atom. The number of carbonyl (C=O) groups excluding carboxylic acids is 1. The zero-order chi connectivity index (χ0) is 13.7. The fraction of sp³-hybridized carbons (Fsp3) is 0.533. The van der Waals surface area contributed by atoms with Crippen LogP contribution in [0.2, 0.25) is 0 Å². The van der Waals surface area contributed by atoms with Crippen molar-refractivity contribution in [3.63, 3.8) is 0 Å². The predicted octanol–water partition coefficient (Wildman–Crippen LogP) is 1.86. The zero-order valence-electron chi connectivity index (χ0n) is 12.1. The molecule has 1 heterocycles. The van der Waals surface area contributed by atoms with Crippen LogP contribution in [0.5, 0.6) is 5.75 Å². The molecule has 0 aromatic heterocycles. The van der Waals surface area contributed by atoms with Gasteiger partial charge >= 0.3 is 0 Å². The van der Waals surface area contributed by atoms with Crippen LogP contribution in [-0.4, -0.2) is 44.1 Å². The third kappa shape index (κ3) is 4.69. The molecule has 1 aliphatic rings. The molecule has 2 rings (SSSR count). The summed E-state index contributed by atoms with van der Waals surface area (Å²) in [6, 6.07) is 7.96. The largest absolute Gasteiger partial charge is 0.492 e. The van der Waals surface area contributed by atoms with E-state index in [4.69, 9.17) is 4.74 Å². The normalized spacial score (nSPS) is 17.4. The molecule has 4 nitrogen and oxygen atoms in total. The van der Waals surface area contributed by atoms with E-state index in [0.717, 1.165) is 25.3 Å². The van der Waals surface area contributed by atoms with Crippen molar-refractivity contribution < 1.29 is 9.53 Å². The Balaban J connectivity index is 0.00000200. The van der Waals surface area contributed by atoms with Gasteiger partial charge in [-0.3, -0.25) is 4.79 Å². The van der Waals surface area contributed by atoms with E-state index in [1.54, 1.807) is 4.90 Å². The highest BCUT2D eigenvalue weighted by Crippen LogP contribution is 2.13. The number of carbonyl (C=O) groups is 1. The molecule has 1 saturated heterocycles. The van der Waals surface area contributed by atoms with Crippen LogP contribution in [0.15, 0.2) is 24.3 Å². The van der Waals surface area contributed by atoms with Gasteiger partial charge in [0.15, 0.2) is 0 Å². The average Bonchev–Trinajstić information content (AvgIpc) is 2.91. The number of halogens is 1. The van der Waals surface area contributed by atoms with Crippen LogP contribution in [0.3, 0.4) is 0 Å². The molecule has 1 amide bonds. The second-order valence-corrected chi connectivity index (χ2v) is 5.11. The van der Waals surface area contributed by atoms with Gasteiger partial charge in [0.1, 0.15) is 12.4 Å². The molecule has 112 valence electrons. The smallest absolute Gasteiger partial charge is 0.226 e. The maximum Gasteiger partial charge on any atom is 0.226 e. The lowest BCUT2D eigenvalue weighted by Gasteiger charge is -2.20. The summed E-state index contributed by atoms with van der Waals surface area (Å²) in [7, 11) is 1.85. The Morgan fingerprint density at radius 3 is 2.95 bits per heavy atom. The zero-order valence-corrected chi connectivity index (χ0v) is 12.9. The van der Waals surface area contributed by atoms with Gasteiger partial charge in [-0.05, 0) is 37.6 Å². The second kappa shape index (κ2) is 8.12. The van der Waals surface area contributed by atoms with Crippen molar-refractivity contribution in [2.45, 2.75) is 13.3 Å². The summed E-state index contributed by atoms with van der Waals surface area (Å²) in [4.78, 5) is 13.8. The fourth-order valence-corrected chi connectivity index (χ4v) is 2.29. The van der Waals surface area contributed by atoms with Gasteiger partial charge < -0.3 is 15.0 Å². The number of amides is 1. The number of hydrogen-bond donors (Lipinski definition) is 1. The van der Waals surface area contributed by atoms with Crippen molar-refractivity contribution in [1.29, 1.82) is 0 Å². The van der Waals surface area contributed by atoms with Crippen molar-refractivity contribution in [1.82, 2.24) is 10.2 Å². The topological polar surface area (TPSA) is 41.6 Å². The average molecular weight is 299 g/mol. The van der Waals surface area contributed by atoms with Gasteiger partial charge in [0.2, 0.25) is 5.91 Å². The molecule has 20 heavy (non-hydrogen) atoms. The highest BCUT2D eigenvalue weighted by atomic mass is 35.5.